The third-order valence-electron chi connectivity index (χ3n) is 4.10. The summed E-state index contributed by atoms with van der Waals surface area (Å²) >= 11 is 0. The van der Waals surface area contributed by atoms with Gasteiger partial charge in [-0.2, -0.15) is 5.26 Å². The molecule has 1 amide bonds. The molecule has 0 saturated carbocycles. The van der Waals surface area contributed by atoms with Gasteiger partial charge < -0.3 is 9.88 Å². The Kier molecular flexibility index (Phi) is 5.76. The van der Waals surface area contributed by atoms with Crippen LogP contribution in [-0.2, 0) is 11.3 Å². The lowest BCUT2D eigenvalue weighted by Gasteiger charge is -2.08. The largest absolute Gasteiger partial charge is 0.349 e. The van der Waals surface area contributed by atoms with Crippen molar-refractivity contribution in [3.63, 3.8) is 0 Å². The molecule has 0 unspecified atom stereocenters. The molecule has 2 aromatic rings. The standard InChI is InChI=1S/C20H22FN3O/c1-5-8-24-14(3)10-16(15(24)4)11-17(12-22)20(25)23-19-7-6-13(2)9-18(19)21/h6-7,9-11H,5,8H2,1-4H3,(H,23,25)/b17-11+. The van der Waals surface area contributed by atoms with E-state index in [1.165, 1.54) is 12.1 Å². The number of amides is 1. The molecular formula is C20H22FN3O. The number of halogens is 1. The maximum Gasteiger partial charge on any atom is 0.266 e. The Hall–Kier alpha value is -2.87. The highest BCUT2D eigenvalue weighted by atomic mass is 19.1. The predicted octanol–water partition coefficient (Wildman–Crippen LogP) is 4.51. The highest BCUT2D eigenvalue weighted by Crippen LogP contribution is 2.20. The third kappa shape index (κ3) is 4.16. The Morgan fingerprint density at radius 1 is 1.32 bits per heavy atom. The number of carbonyl (C=O) groups is 1. The molecule has 0 bridgehead atoms. The van der Waals surface area contributed by atoms with E-state index >= 15 is 0 Å². The van der Waals surface area contributed by atoms with Crippen LogP contribution in [0, 0.1) is 37.9 Å². The van der Waals surface area contributed by atoms with Gasteiger partial charge in [-0.25, -0.2) is 4.39 Å². The lowest BCUT2D eigenvalue weighted by Crippen LogP contribution is -2.14. The van der Waals surface area contributed by atoms with Crippen molar-refractivity contribution >= 4 is 17.7 Å². The van der Waals surface area contributed by atoms with E-state index in [4.69, 9.17) is 0 Å². The van der Waals surface area contributed by atoms with Gasteiger partial charge in [-0.3, -0.25) is 4.79 Å². The maximum atomic E-state index is 13.9. The Morgan fingerprint density at radius 3 is 2.64 bits per heavy atom. The van der Waals surface area contributed by atoms with E-state index in [0.29, 0.717) is 0 Å². The van der Waals surface area contributed by atoms with Crippen molar-refractivity contribution < 1.29 is 9.18 Å². The minimum atomic E-state index is -0.620. The van der Waals surface area contributed by atoms with Crippen LogP contribution in [0.25, 0.3) is 6.08 Å². The van der Waals surface area contributed by atoms with Gasteiger partial charge in [0.15, 0.2) is 0 Å². The first-order valence-corrected chi connectivity index (χ1v) is 8.23. The van der Waals surface area contributed by atoms with E-state index in [-0.39, 0.29) is 11.3 Å². The fourth-order valence-electron chi connectivity index (χ4n) is 2.76. The summed E-state index contributed by atoms with van der Waals surface area (Å²) in [5, 5.41) is 11.8. The van der Waals surface area contributed by atoms with Gasteiger partial charge in [-0.15, -0.1) is 0 Å². The second-order valence-corrected chi connectivity index (χ2v) is 6.09. The molecule has 0 atom stereocenters. The summed E-state index contributed by atoms with van der Waals surface area (Å²) in [6.07, 6.45) is 2.55. The number of nitrogens with one attached hydrogen (secondary N) is 1. The fraction of sp³-hybridized carbons (Fsp3) is 0.300. The van der Waals surface area contributed by atoms with Crippen LogP contribution >= 0.6 is 0 Å². The van der Waals surface area contributed by atoms with Crippen LogP contribution in [0.2, 0.25) is 0 Å². The molecular weight excluding hydrogens is 317 g/mol. The third-order valence-corrected chi connectivity index (χ3v) is 4.10. The summed E-state index contributed by atoms with van der Waals surface area (Å²) in [7, 11) is 0. The van der Waals surface area contributed by atoms with Gasteiger partial charge in [0.05, 0.1) is 5.69 Å². The number of anilines is 1. The SMILES string of the molecule is CCCn1c(C)cc(/C=C(\C#N)C(=O)Nc2ccc(C)cc2F)c1C. The molecule has 0 aliphatic rings. The number of rotatable bonds is 5. The van der Waals surface area contributed by atoms with Crippen molar-refractivity contribution in [3.05, 3.63) is 58.2 Å². The van der Waals surface area contributed by atoms with Crippen LogP contribution in [0.4, 0.5) is 10.1 Å². The molecule has 25 heavy (non-hydrogen) atoms. The molecule has 1 aromatic carbocycles. The zero-order valence-corrected chi connectivity index (χ0v) is 15.0. The number of carbonyl (C=O) groups excluding carboxylic acids is 1. The smallest absolute Gasteiger partial charge is 0.266 e. The molecule has 0 aliphatic heterocycles. The molecule has 130 valence electrons. The highest BCUT2D eigenvalue weighted by Gasteiger charge is 2.14. The molecule has 0 radical (unpaired) electrons. The van der Waals surface area contributed by atoms with Crippen LogP contribution in [0.3, 0.4) is 0 Å². The number of hydrogen-bond donors (Lipinski definition) is 1. The first-order valence-electron chi connectivity index (χ1n) is 8.23. The summed E-state index contributed by atoms with van der Waals surface area (Å²) in [4.78, 5) is 12.3. The molecule has 2 rings (SSSR count). The summed E-state index contributed by atoms with van der Waals surface area (Å²) in [6.45, 7) is 8.70. The number of aromatic nitrogens is 1. The van der Waals surface area contributed by atoms with E-state index < -0.39 is 11.7 Å². The Labute approximate surface area is 147 Å². The summed E-state index contributed by atoms with van der Waals surface area (Å²) in [5.74, 6) is -1.14. The van der Waals surface area contributed by atoms with Crippen LogP contribution in [0.15, 0.2) is 29.8 Å². The van der Waals surface area contributed by atoms with Gasteiger partial charge in [-0.05, 0) is 62.6 Å². The molecule has 0 aliphatic carbocycles. The van der Waals surface area contributed by atoms with E-state index in [1.54, 1.807) is 19.1 Å². The van der Waals surface area contributed by atoms with Crippen LogP contribution < -0.4 is 5.32 Å². The average molecular weight is 339 g/mol. The lowest BCUT2D eigenvalue weighted by atomic mass is 10.1. The maximum absolute atomic E-state index is 13.9. The van der Waals surface area contributed by atoms with Crippen molar-refractivity contribution in [2.24, 2.45) is 0 Å². The second kappa shape index (κ2) is 7.80. The number of benzene rings is 1. The molecule has 4 nitrogen and oxygen atoms in total. The predicted molar refractivity (Wildman–Crippen MR) is 97.6 cm³/mol. The van der Waals surface area contributed by atoms with Crippen LogP contribution in [-0.4, -0.2) is 10.5 Å². The molecule has 0 saturated heterocycles. The molecule has 1 N–H and O–H groups in total. The highest BCUT2D eigenvalue weighted by molar-refractivity contribution is 6.09. The van der Waals surface area contributed by atoms with Gasteiger partial charge in [0, 0.05) is 17.9 Å². The Balaban J connectivity index is 2.30. The van der Waals surface area contributed by atoms with Crippen LogP contribution in [0.1, 0.15) is 35.9 Å². The van der Waals surface area contributed by atoms with E-state index in [1.807, 2.05) is 26.0 Å². The normalized spacial score (nSPS) is 11.3. The molecule has 0 fully saturated rings. The topological polar surface area (TPSA) is 57.8 Å². The summed E-state index contributed by atoms with van der Waals surface area (Å²) < 4.78 is 16.0. The number of aryl methyl sites for hydroxylation is 2. The van der Waals surface area contributed by atoms with Crippen molar-refractivity contribution in [1.82, 2.24) is 4.57 Å². The zero-order valence-electron chi connectivity index (χ0n) is 15.0. The van der Waals surface area contributed by atoms with Gasteiger partial charge in [0.2, 0.25) is 0 Å². The summed E-state index contributed by atoms with van der Waals surface area (Å²) in [5.41, 5.74) is 3.66. The van der Waals surface area contributed by atoms with Crippen molar-refractivity contribution in [2.45, 2.75) is 40.7 Å². The minimum absolute atomic E-state index is 0.0586. The average Bonchev–Trinajstić information content (AvgIpc) is 2.83. The molecule has 0 spiro atoms. The van der Waals surface area contributed by atoms with E-state index in [2.05, 4.69) is 16.8 Å². The minimum Gasteiger partial charge on any atom is -0.349 e. The van der Waals surface area contributed by atoms with Crippen molar-refractivity contribution in [3.8, 4) is 6.07 Å². The number of nitrogens with zero attached hydrogens (tertiary/aromatic N) is 2. The fourth-order valence-corrected chi connectivity index (χ4v) is 2.76. The van der Waals surface area contributed by atoms with E-state index in [9.17, 15) is 14.4 Å². The monoisotopic (exact) mass is 339 g/mol. The van der Waals surface area contributed by atoms with E-state index in [0.717, 1.165) is 35.5 Å². The molecule has 5 heteroatoms. The van der Waals surface area contributed by atoms with Crippen molar-refractivity contribution in [2.75, 3.05) is 5.32 Å². The van der Waals surface area contributed by atoms with Gasteiger partial charge >= 0.3 is 0 Å². The molecule has 1 heterocycles. The van der Waals surface area contributed by atoms with Crippen molar-refractivity contribution in [1.29, 1.82) is 5.26 Å². The first-order chi connectivity index (χ1) is 11.9. The van der Waals surface area contributed by atoms with Gasteiger partial charge in [0.1, 0.15) is 17.5 Å². The lowest BCUT2D eigenvalue weighted by molar-refractivity contribution is -0.112. The van der Waals surface area contributed by atoms with Gasteiger partial charge in [0.25, 0.3) is 5.91 Å². The Bertz CT molecular complexity index is 872. The Morgan fingerprint density at radius 2 is 2.04 bits per heavy atom. The molecule has 1 aromatic heterocycles. The number of nitriles is 1. The first kappa shape index (κ1) is 18.5. The van der Waals surface area contributed by atoms with Crippen LogP contribution in [0.5, 0.6) is 0 Å². The number of hydrogen-bond acceptors (Lipinski definition) is 2. The zero-order chi connectivity index (χ0) is 18.6. The quantitative estimate of drug-likeness (QED) is 0.644. The van der Waals surface area contributed by atoms with Gasteiger partial charge in [-0.1, -0.05) is 13.0 Å². The second-order valence-electron chi connectivity index (χ2n) is 6.09. The summed E-state index contributed by atoms with van der Waals surface area (Å²) in [6, 6.07) is 8.38.